The van der Waals surface area contributed by atoms with Crippen LogP contribution in [-0.2, 0) is 26.5 Å². The van der Waals surface area contributed by atoms with E-state index in [0.29, 0.717) is 45.4 Å². The Kier molecular flexibility index (Phi) is 12.1. The fourth-order valence-electron chi connectivity index (χ4n) is 6.89. The molecule has 7 aromatic carbocycles. The molecule has 8 aromatic rings. The molecule has 0 aliphatic heterocycles. The van der Waals surface area contributed by atoms with E-state index in [-0.39, 0.29) is 20.9 Å². The smallest absolute Gasteiger partial charge is 0.335 e. The van der Waals surface area contributed by atoms with Gasteiger partial charge in [-0.2, -0.15) is 0 Å². The third-order valence-corrected chi connectivity index (χ3v) is 14.0. The summed E-state index contributed by atoms with van der Waals surface area (Å²) in [5, 5.41) is 20.3. The lowest BCUT2D eigenvalue weighted by molar-refractivity contribution is 0.0686. The highest BCUT2D eigenvalue weighted by atomic mass is 32.2. The molecule has 1 aromatic heterocycles. The Morgan fingerprint density at radius 2 is 1.02 bits per heavy atom. The number of carbonyl (C=O) groups is 2. The van der Waals surface area contributed by atoms with Crippen molar-refractivity contribution in [2.24, 2.45) is 0 Å². The molecule has 9 rings (SSSR count). The lowest BCUT2D eigenvalue weighted by atomic mass is 10.1. The van der Waals surface area contributed by atoms with Gasteiger partial charge in [-0.05, 0) is 120 Å². The summed E-state index contributed by atoms with van der Waals surface area (Å²) < 4.78 is 58.6. The molecular weight excluding hydrogens is 865 g/mol. The fourth-order valence-corrected chi connectivity index (χ4v) is 10.6. The maximum Gasteiger partial charge on any atom is 0.335 e. The van der Waals surface area contributed by atoms with Crippen molar-refractivity contribution in [1.29, 1.82) is 0 Å². The number of fused-ring (bicyclic) bond motifs is 4. The predicted molar refractivity (Wildman–Crippen MR) is 250 cm³/mol. The first kappa shape index (κ1) is 42.7. The summed E-state index contributed by atoms with van der Waals surface area (Å²) in [5.74, 6) is 9.83. The van der Waals surface area contributed by atoms with Crippen molar-refractivity contribution in [3.8, 4) is 34.8 Å². The molecule has 1 aliphatic carbocycles. The number of benzene rings is 7. The van der Waals surface area contributed by atoms with Crippen molar-refractivity contribution >= 4 is 64.8 Å². The van der Waals surface area contributed by atoms with Crippen molar-refractivity contribution in [2.75, 3.05) is 9.44 Å². The third kappa shape index (κ3) is 9.58. The summed E-state index contributed by atoms with van der Waals surface area (Å²) >= 11 is 1.38. The number of aromatic carboxylic acids is 2. The first-order valence-electron chi connectivity index (χ1n) is 19.5. The second-order valence-electron chi connectivity index (χ2n) is 14.3. The Balaban J connectivity index is 0.000000176. The Morgan fingerprint density at radius 1 is 0.516 bits per heavy atom. The number of anilines is 2. The van der Waals surface area contributed by atoms with Crippen molar-refractivity contribution < 1.29 is 36.6 Å². The van der Waals surface area contributed by atoms with Crippen LogP contribution in [0, 0.1) is 23.7 Å². The standard InChI is InChI=1S/C28H19NO4S.C23H15NO4S2/c30-28(31)21-13-10-19(11-14-21)9-12-20-5-2-4-8-27(20)29-34(32,33)24-15-16-26-23(18-24)17-22-6-1-3-7-25(22)26;25-23(26)18-13-10-16(11-14-18)9-12-17-5-1-3-7-20(17)24-30(27,28)22-15-29-21-8-4-2-6-19(21)22/h1-8,10-11,13-16,18,29H,17H2,(H,30,31);1-8,10-11,13-15,24H,(H,25,26). The first-order valence-corrected chi connectivity index (χ1v) is 23.3. The molecule has 314 valence electrons. The van der Waals surface area contributed by atoms with Crippen molar-refractivity contribution in [1.82, 2.24) is 0 Å². The predicted octanol–water partition coefficient (Wildman–Crippen LogP) is 9.96. The van der Waals surface area contributed by atoms with E-state index in [1.165, 1.54) is 41.2 Å². The van der Waals surface area contributed by atoms with Crippen LogP contribution < -0.4 is 9.44 Å². The number of thiophene rings is 1. The molecule has 0 radical (unpaired) electrons. The maximum atomic E-state index is 13.2. The van der Waals surface area contributed by atoms with Crippen LogP contribution in [0.1, 0.15) is 54.1 Å². The van der Waals surface area contributed by atoms with Gasteiger partial charge in [-0.15, -0.1) is 11.3 Å². The molecule has 0 bridgehead atoms. The Labute approximate surface area is 373 Å². The van der Waals surface area contributed by atoms with E-state index >= 15 is 0 Å². The minimum Gasteiger partial charge on any atom is -0.478 e. The summed E-state index contributed by atoms with van der Waals surface area (Å²) in [6.07, 6.45) is 0.706. The molecule has 0 unspecified atom stereocenters. The summed E-state index contributed by atoms with van der Waals surface area (Å²) in [4.78, 5) is 22.4. The Bertz CT molecular complexity index is 3470. The number of para-hydroxylation sites is 2. The number of hydrogen-bond donors (Lipinski definition) is 4. The minimum absolute atomic E-state index is 0.177. The lowest BCUT2D eigenvalue weighted by Crippen LogP contribution is -2.14. The maximum absolute atomic E-state index is 13.2. The molecule has 0 atom stereocenters. The van der Waals surface area contributed by atoms with Crippen LogP contribution in [0.4, 0.5) is 11.4 Å². The monoisotopic (exact) mass is 898 g/mol. The summed E-state index contributed by atoms with van der Waals surface area (Å²) in [6, 6.07) is 46.8. The molecule has 1 heterocycles. The molecule has 0 amide bonds. The average Bonchev–Trinajstić information content (AvgIpc) is 3.91. The van der Waals surface area contributed by atoms with Gasteiger partial charge in [-0.3, -0.25) is 9.44 Å². The number of hydrogen-bond acceptors (Lipinski definition) is 7. The summed E-state index contributed by atoms with van der Waals surface area (Å²) in [5.41, 5.74) is 7.78. The summed E-state index contributed by atoms with van der Waals surface area (Å²) in [7, 11) is -7.62. The quantitative estimate of drug-likeness (QED) is 0.109. The van der Waals surface area contributed by atoms with Crippen molar-refractivity contribution in [3.05, 3.63) is 214 Å². The zero-order valence-corrected chi connectivity index (χ0v) is 35.9. The SMILES string of the molecule is O=C(O)c1ccc(C#Cc2ccccc2NS(=O)(=O)c2ccc3c(c2)Cc2ccccc2-3)cc1.O=C(O)c1ccc(C#Cc2ccccc2NS(=O)(=O)c2csc3ccccc23)cc1. The van der Waals surface area contributed by atoms with Gasteiger partial charge in [0.2, 0.25) is 0 Å². The first-order chi connectivity index (χ1) is 30.8. The molecule has 0 saturated heterocycles. The van der Waals surface area contributed by atoms with Crippen LogP contribution in [0.15, 0.2) is 179 Å². The van der Waals surface area contributed by atoms with E-state index in [1.54, 1.807) is 96.4 Å². The summed E-state index contributed by atoms with van der Waals surface area (Å²) in [6.45, 7) is 0. The number of carboxylic acids is 2. The molecule has 10 nitrogen and oxygen atoms in total. The highest BCUT2D eigenvalue weighted by Gasteiger charge is 2.23. The molecule has 0 spiro atoms. The van der Waals surface area contributed by atoms with Crippen molar-refractivity contribution in [3.63, 3.8) is 0 Å². The molecule has 0 saturated carbocycles. The largest absolute Gasteiger partial charge is 0.478 e. The van der Waals surface area contributed by atoms with Crippen LogP contribution in [-0.4, -0.2) is 39.0 Å². The number of sulfonamides is 2. The van der Waals surface area contributed by atoms with Gasteiger partial charge in [0.15, 0.2) is 0 Å². The van der Waals surface area contributed by atoms with E-state index in [0.717, 1.165) is 21.4 Å². The van der Waals surface area contributed by atoms with Crippen LogP contribution in [0.2, 0.25) is 0 Å². The van der Waals surface area contributed by atoms with Crippen molar-refractivity contribution in [2.45, 2.75) is 16.2 Å². The number of carboxylic acid groups (broad SMARTS) is 2. The minimum atomic E-state index is -3.83. The Hall–Kier alpha value is -7.94. The highest BCUT2D eigenvalue weighted by molar-refractivity contribution is 7.93. The van der Waals surface area contributed by atoms with Gasteiger partial charge in [-0.25, -0.2) is 26.4 Å². The normalized spacial score (nSPS) is 11.3. The topological polar surface area (TPSA) is 167 Å². The van der Waals surface area contributed by atoms with Crippen LogP contribution in [0.3, 0.4) is 0 Å². The van der Waals surface area contributed by atoms with Gasteiger partial charge in [-0.1, -0.05) is 96.5 Å². The van der Waals surface area contributed by atoms with Crippen LogP contribution >= 0.6 is 11.3 Å². The van der Waals surface area contributed by atoms with Gasteiger partial charge in [0.1, 0.15) is 4.90 Å². The van der Waals surface area contributed by atoms with Crippen LogP contribution in [0.25, 0.3) is 21.2 Å². The van der Waals surface area contributed by atoms with Gasteiger partial charge in [0.25, 0.3) is 20.0 Å². The zero-order valence-electron chi connectivity index (χ0n) is 33.4. The molecule has 1 aliphatic rings. The molecule has 64 heavy (non-hydrogen) atoms. The molecule has 13 heteroatoms. The molecule has 4 N–H and O–H groups in total. The third-order valence-electron chi connectivity index (χ3n) is 10.1. The van der Waals surface area contributed by atoms with E-state index in [4.69, 9.17) is 10.2 Å². The number of nitrogens with one attached hydrogen (secondary N) is 2. The van der Waals surface area contributed by atoms with Gasteiger partial charge < -0.3 is 10.2 Å². The van der Waals surface area contributed by atoms with E-state index < -0.39 is 32.0 Å². The van der Waals surface area contributed by atoms with E-state index in [1.807, 2.05) is 36.4 Å². The lowest BCUT2D eigenvalue weighted by Gasteiger charge is -2.11. The highest BCUT2D eigenvalue weighted by Crippen LogP contribution is 2.38. The van der Waals surface area contributed by atoms with Gasteiger partial charge in [0, 0.05) is 37.7 Å². The second kappa shape index (κ2) is 18.2. The van der Waals surface area contributed by atoms with Gasteiger partial charge >= 0.3 is 11.9 Å². The molecule has 0 fully saturated rings. The van der Waals surface area contributed by atoms with E-state index in [2.05, 4.69) is 45.3 Å². The Morgan fingerprint density at radius 3 is 1.61 bits per heavy atom. The van der Waals surface area contributed by atoms with E-state index in [9.17, 15) is 26.4 Å². The fraction of sp³-hybridized carbons (Fsp3) is 0.0196. The molecular formula is C51H34N2O8S3. The zero-order chi connectivity index (χ0) is 44.8. The van der Waals surface area contributed by atoms with Crippen LogP contribution in [0.5, 0.6) is 0 Å². The van der Waals surface area contributed by atoms with Gasteiger partial charge in [0.05, 0.1) is 27.4 Å². The average molecular weight is 899 g/mol. The number of rotatable bonds is 8. The second-order valence-corrected chi connectivity index (χ2v) is 18.6.